The molecular weight excluding hydrogens is 270 g/mol. The Morgan fingerprint density at radius 3 is 2.85 bits per heavy atom. The summed E-state index contributed by atoms with van der Waals surface area (Å²) in [4.78, 5) is 4.27. The molecule has 2 atom stereocenters. The summed E-state index contributed by atoms with van der Waals surface area (Å²) in [5.41, 5.74) is 1.42. The van der Waals surface area contributed by atoms with Crippen LogP contribution in [-0.2, 0) is 6.42 Å². The van der Waals surface area contributed by atoms with Crippen molar-refractivity contribution in [2.24, 2.45) is 10.1 Å². The summed E-state index contributed by atoms with van der Waals surface area (Å²) < 4.78 is 0.518. The summed E-state index contributed by atoms with van der Waals surface area (Å²) in [5.74, 6) is 0. The van der Waals surface area contributed by atoms with Gasteiger partial charge in [0, 0.05) is 6.42 Å². The molecule has 0 aromatic heterocycles. The largest absolute Gasteiger partial charge is 0.221 e. The molecule has 1 heterocycles. The third-order valence-corrected chi connectivity index (χ3v) is 4.47. The van der Waals surface area contributed by atoms with Crippen molar-refractivity contribution in [3.05, 3.63) is 35.9 Å². The van der Waals surface area contributed by atoms with E-state index in [0.29, 0.717) is 4.59 Å². The highest BCUT2D eigenvalue weighted by molar-refractivity contribution is 6.19. The van der Waals surface area contributed by atoms with Gasteiger partial charge in [-0.1, -0.05) is 41.9 Å². The molecule has 0 bridgehead atoms. The summed E-state index contributed by atoms with van der Waals surface area (Å²) in [6, 6.07) is 13.3. The Kier molecular flexibility index (Phi) is 5.78. The molecule has 1 aromatic rings. The normalized spacial score (nSPS) is 25.8. The monoisotopic (exact) mass is 292 g/mol. The molecule has 1 aromatic carbocycles. The highest BCUT2D eigenvalue weighted by Gasteiger charge is 2.34. The maximum atomic E-state index is 6.34. The number of piperidine rings is 1. The fourth-order valence-electron chi connectivity index (χ4n) is 2.47. The number of nitrogens with zero attached hydrogens (tertiary/aromatic N) is 3. The molecule has 0 radical (unpaired) electrons. The molecule has 0 amide bonds. The van der Waals surface area contributed by atoms with Gasteiger partial charge < -0.3 is 0 Å². The fourth-order valence-corrected chi connectivity index (χ4v) is 2.76. The maximum absolute atomic E-state index is 6.34. The van der Waals surface area contributed by atoms with Gasteiger partial charge >= 0.3 is 0 Å². The highest BCUT2D eigenvalue weighted by atomic mass is 35.5. The Hall–Kier alpha value is -1.15. The smallest absolute Gasteiger partial charge is 0.189 e. The molecule has 20 heavy (non-hydrogen) atoms. The SMILES string of the molecule is C[N+]1(N=C=NCCCc2ccccc2)CCCCC1Cl. The number of hydrogen-bond acceptors (Lipinski definition) is 2. The minimum absolute atomic E-state index is 0.0655. The Bertz CT molecular complexity index is 468. The lowest BCUT2D eigenvalue weighted by Crippen LogP contribution is -2.48. The maximum Gasteiger partial charge on any atom is 0.189 e. The molecule has 2 rings (SSSR count). The Morgan fingerprint density at radius 1 is 1.30 bits per heavy atom. The first-order chi connectivity index (χ1) is 9.71. The lowest BCUT2D eigenvalue weighted by Gasteiger charge is -2.34. The summed E-state index contributed by atoms with van der Waals surface area (Å²) in [5, 5.41) is 4.43. The van der Waals surface area contributed by atoms with Crippen molar-refractivity contribution in [1.82, 2.24) is 0 Å². The second-order valence-electron chi connectivity index (χ2n) is 5.54. The summed E-state index contributed by atoms with van der Waals surface area (Å²) in [6.07, 6.45) is 5.48. The van der Waals surface area contributed by atoms with Crippen LogP contribution in [0.1, 0.15) is 31.2 Å². The molecule has 3 nitrogen and oxygen atoms in total. The minimum Gasteiger partial charge on any atom is -0.221 e. The van der Waals surface area contributed by atoms with Crippen molar-refractivity contribution in [3.8, 4) is 0 Å². The van der Waals surface area contributed by atoms with Gasteiger partial charge in [-0.3, -0.25) is 0 Å². The lowest BCUT2D eigenvalue weighted by atomic mass is 10.1. The Labute approximate surface area is 126 Å². The molecule has 108 valence electrons. The first-order valence-corrected chi connectivity index (χ1v) is 7.81. The molecule has 0 spiro atoms. The van der Waals surface area contributed by atoms with Crippen molar-refractivity contribution in [1.29, 1.82) is 0 Å². The average molecular weight is 293 g/mol. The van der Waals surface area contributed by atoms with E-state index >= 15 is 0 Å². The van der Waals surface area contributed by atoms with Gasteiger partial charge in [-0.15, -0.1) is 0 Å². The molecule has 1 saturated heterocycles. The molecule has 0 N–H and O–H groups in total. The number of alkyl halides is 1. The van der Waals surface area contributed by atoms with Gasteiger partial charge in [-0.2, -0.15) is 4.59 Å². The third kappa shape index (κ3) is 4.45. The van der Waals surface area contributed by atoms with Crippen LogP contribution < -0.4 is 0 Å². The van der Waals surface area contributed by atoms with Crippen LogP contribution in [0.4, 0.5) is 0 Å². The van der Waals surface area contributed by atoms with Crippen molar-refractivity contribution in [2.45, 2.75) is 37.6 Å². The molecule has 4 heteroatoms. The number of halogens is 1. The van der Waals surface area contributed by atoms with Crippen molar-refractivity contribution in [2.75, 3.05) is 20.1 Å². The second kappa shape index (κ2) is 7.58. The second-order valence-corrected chi connectivity index (χ2v) is 6.04. The summed E-state index contributed by atoms with van der Waals surface area (Å²) in [7, 11) is 2.06. The first-order valence-electron chi connectivity index (χ1n) is 7.38. The quantitative estimate of drug-likeness (QED) is 0.258. The first kappa shape index (κ1) is 15.2. The van der Waals surface area contributed by atoms with E-state index < -0.39 is 0 Å². The average Bonchev–Trinajstić information content (AvgIpc) is 2.47. The topological polar surface area (TPSA) is 24.7 Å². The van der Waals surface area contributed by atoms with Crippen molar-refractivity contribution >= 4 is 17.6 Å². The molecule has 1 aliphatic heterocycles. The number of aliphatic imine (C=N–C) groups is 1. The van der Waals surface area contributed by atoms with E-state index in [0.717, 1.165) is 32.4 Å². The van der Waals surface area contributed by atoms with Crippen LogP contribution in [0.25, 0.3) is 0 Å². The van der Waals surface area contributed by atoms with Crippen LogP contribution >= 0.6 is 11.6 Å². The van der Waals surface area contributed by atoms with Gasteiger partial charge in [0.2, 0.25) is 0 Å². The zero-order chi connectivity index (χ0) is 14.3. The standard InChI is InChI=1S/C16H23ClN3/c1-20(13-6-5-11-16(20)17)19-14-18-12-7-10-15-8-3-2-4-9-15/h2-4,8-9,16H,5-7,10-13H2,1H3/q+1. The van der Waals surface area contributed by atoms with Crippen LogP contribution in [-0.4, -0.2) is 36.2 Å². The van der Waals surface area contributed by atoms with Gasteiger partial charge in [-0.05, 0) is 36.3 Å². The van der Waals surface area contributed by atoms with Gasteiger partial charge in [-0.25, -0.2) is 4.99 Å². The van der Waals surface area contributed by atoms with Gasteiger partial charge in [0.1, 0.15) is 6.54 Å². The summed E-state index contributed by atoms with van der Waals surface area (Å²) >= 11 is 6.34. The van der Waals surface area contributed by atoms with Gasteiger partial charge in [0.05, 0.1) is 13.6 Å². The van der Waals surface area contributed by atoms with E-state index in [-0.39, 0.29) is 5.50 Å². The Morgan fingerprint density at radius 2 is 2.10 bits per heavy atom. The van der Waals surface area contributed by atoms with Gasteiger partial charge in [0.15, 0.2) is 11.5 Å². The zero-order valence-corrected chi connectivity index (χ0v) is 12.9. The van der Waals surface area contributed by atoms with Crippen LogP contribution in [0.5, 0.6) is 0 Å². The van der Waals surface area contributed by atoms with Crippen molar-refractivity contribution in [3.63, 3.8) is 0 Å². The summed E-state index contributed by atoms with van der Waals surface area (Å²) in [6.45, 7) is 1.76. The molecule has 1 aliphatic rings. The molecular formula is C16H23ClN3+. The van der Waals surface area contributed by atoms with Crippen LogP contribution in [0.2, 0.25) is 0 Å². The van der Waals surface area contributed by atoms with E-state index in [1.165, 1.54) is 18.4 Å². The fraction of sp³-hybridized carbons (Fsp3) is 0.562. The molecule has 2 unspecified atom stereocenters. The van der Waals surface area contributed by atoms with E-state index in [9.17, 15) is 0 Å². The predicted molar refractivity (Wildman–Crippen MR) is 84.0 cm³/mol. The Balaban J connectivity index is 1.76. The van der Waals surface area contributed by atoms with Crippen molar-refractivity contribution < 1.29 is 4.59 Å². The van der Waals surface area contributed by atoms with E-state index in [2.05, 4.69) is 47.4 Å². The molecule has 1 fully saturated rings. The molecule has 0 saturated carbocycles. The molecule has 0 aliphatic carbocycles. The van der Waals surface area contributed by atoms with Crippen LogP contribution in [0.15, 0.2) is 40.4 Å². The lowest BCUT2D eigenvalue weighted by molar-refractivity contribution is -0.931. The number of rotatable bonds is 5. The number of quaternary nitrogens is 1. The van der Waals surface area contributed by atoms with Crippen LogP contribution in [0.3, 0.4) is 0 Å². The van der Waals surface area contributed by atoms with E-state index in [4.69, 9.17) is 11.6 Å². The minimum atomic E-state index is 0.0655. The number of aryl methyl sites for hydroxylation is 1. The van der Waals surface area contributed by atoms with E-state index in [1.807, 2.05) is 6.07 Å². The predicted octanol–water partition coefficient (Wildman–Crippen LogP) is 3.90. The highest BCUT2D eigenvalue weighted by Crippen LogP contribution is 2.26. The third-order valence-electron chi connectivity index (χ3n) is 3.83. The van der Waals surface area contributed by atoms with Crippen LogP contribution in [0, 0.1) is 0 Å². The zero-order valence-electron chi connectivity index (χ0n) is 12.1. The number of likely N-dealkylation sites (tertiary alicyclic amines) is 1. The number of benzene rings is 1. The van der Waals surface area contributed by atoms with Gasteiger partial charge in [0.25, 0.3) is 0 Å². The number of hydrogen-bond donors (Lipinski definition) is 0. The van der Waals surface area contributed by atoms with E-state index in [1.54, 1.807) is 0 Å².